The second-order valence-corrected chi connectivity index (χ2v) is 5.79. The zero-order valence-corrected chi connectivity index (χ0v) is 13.6. The van der Waals surface area contributed by atoms with Crippen LogP contribution in [0.1, 0.15) is 17.5 Å². The normalized spacial score (nSPS) is 14.5. The number of hydrogen-bond donors (Lipinski definition) is 3. The Morgan fingerprint density at radius 1 is 1.15 bits per heavy atom. The number of para-hydroxylation sites is 2. The Labute approximate surface area is 148 Å². The predicted molar refractivity (Wildman–Crippen MR) is 97.3 cm³/mol. The summed E-state index contributed by atoms with van der Waals surface area (Å²) in [7, 11) is 0. The molecule has 2 heterocycles. The van der Waals surface area contributed by atoms with Crippen molar-refractivity contribution >= 4 is 34.0 Å². The summed E-state index contributed by atoms with van der Waals surface area (Å²) in [6.45, 7) is -0.0475. The Bertz CT molecular complexity index is 1070. The first-order valence-corrected chi connectivity index (χ1v) is 8.05. The van der Waals surface area contributed by atoms with E-state index in [4.69, 9.17) is 9.94 Å². The molecule has 7 heteroatoms. The summed E-state index contributed by atoms with van der Waals surface area (Å²) >= 11 is 0. The molecule has 1 aliphatic rings. The number of aromatic hydroxyl groups is 1. The Kier molecular flexibility index (Phi) is 3.89. The van der Waals surface area contributed by atoms with Crippen LogP contribution in [0.3, 0.4) is 0 Å². The second-order valence-electron chi connectivity index (χ2n) is 5.79. The van der Waals surface area contributed by atoms with Gasteiger partial charge in [0.2, 0.25) is 0 Å². The lowest BCUT2D eigenvalue weighted by atomic mass is 10.0. The molecule has 0 radical (unpaired) electrons. The summed E-state index contributed by atoms with van der Waals surface area (Å²) in [5.41, 5.74) is 3.75. The molecule has 130 valence electrons. The van der Waals surface area contributed by atoms with E-state index in [1.807, 2.05) is 48.5 Å². The zero-order valence-electron chi connectivity index (χ0n) is 13.6. The number of fused-ring (bicyclic) bond motifs is 2. The number of carboxylic acids is 1. The van der Waals surface area contributed by atoms with Gasteiger partial charge in [0.05, 0.1) is 17.7 Å². The molecule has 3 N–H and O–H groups in total. The third kappa shape index (κ3) is 2.69. The minimum absolute atomic E-state index is 0.00371. The molecule has 0 aliphatic carbocycles. The summed E-state index contributed by atoms with van der Waals surface area (Å²) < 4.78 is 0. The van der Waals surface area contributed by atoms with E-state index < -0.39 is 5.97 Å². The molecule has 0 saturated carbocycles. The average molecular weight is 349 g/mol. The topological polar surface area (TPSA) is 107 Å². The molecule has 0 saturated heterocycles. The molecule has 7 nitrogen and oxygen atoms in total. The van der Waals surface area contributed by atoms with Crippen LogP contribution in [0.15, 0.2) is 58.7 Å². The molecule has 0 spiro atoms. The van der Waals surface area contributed by atoms with Gasteiger partial charge in [0, 0.05) is 16.5 Å². The summed E-state index contributed by atoms with van der Waals surface area (Å²) in [5.74, 6) is -0.962. The molecule has 3 aromatic rings. The number of H-pyrrole nitrogens is 1. The number of aromatic nitrogens is 1. The van der Waals surface area contributed by atoms with Crippen molar-refractivity contribution in [2.45, 2.75) is 6.42 Å². The number of benzene rings is 2. The van der Waals surface area contributed by atoms with Gasteiger partial charge in [0.1, 0.15) is 18.0 Å². The Morgan fingerprint density at radius 3 is 2.77 bits per heavy atom. The molecule has 0 bridgehead atoms. The number of carboxylic acid groups (broad SMARTS) is 1. The lowest BCUT2D eigenvalue weighted by Crippen LogP contribution is -2.14. The largest absolute Gasteiger partial charge is 0.494 e. The van der Waals surface area contributed by atoms with Crippen LogP contribution in [0.25, 0.3) is 10.9 Å². The maximum absolute atomic E-state index is 10.6. The van der Waals surface area contributed by atoms with Crippen LogP contribution in [0.4, 0.5) is 5.69 Å². The predicted octanol–water partition coefficient (Wildman–Crippen LogP) is 3.20. The van der Waals surface area contributed by atoms with Crippen LogP contribution in [0, 0.1) is 0 Å². The van der Waals surface area contributed by atoms with Crippen molar-refractivity contribution in [1.82, 2.24) is 4.98 Å². The molecular formula is C19H15N3O4. The highest BCUT2D eigenvalue weighted by atomic mass is 16.6. The van der Waals surface area contributed by atoms with Crippen LogP contribution in [0.5, 0.6) is 5.88 Å². The van der Waals surface area contributed by atoms with Crippen molar-refractivity contribution in [2.24, 2.45) is 10.1 Å². The highest BCUT2D eigenvalue weighted by molar-refractivity contribution is 6.58. The van der Waals surface area contributed by atoms with Gasteiger partial charge in [-0.2, -0.15) is 0 Å². The van der Waals surface area contributed by atoms with Gasteiger partial charge >= 0.3 is 5.97 Å². The van der Waals surface area contributed by atoms with E-state index in [0.29, 0.717) is 22.7 Å². The van der Waals surface area contributed by atoms with Crippen LogP contribution < -0.4 is 0 Å². The first kappa shape index (κ1) is 15.9. The smallest absolute Gasteiger partial charge is 0.306 e. The fourth-order valence-corrected chi connectivity index (χ4v) is 2.95. The van der Waals surface area contributed by atoms with E-state index in [9.17, 15) is 9.90 Å². The molecule has 2 aromatic carbocycles. The summed E-state index contributed by atoms with van der Waals surface area (Å²) in [4.78, 5) is 23.4. The Morgan fingerprint density at radius 2 is 1.92 bits per heavy atom. The number of oxime groups is 1. The van der Waals surface area contributed by atoms with Gasteiger partial charge in [-0.15, -0.1) is 0 Å². The fourth-order valence-electron chi connectivity index (χ4n) is 2.95. The number of hydrogen-bond acceptors (Lipinski definition) is 5. The standard InChI is InChI=1S/C19H15N3O4/c23-15(24)9-10-26-22-17-12-6-2-4-8-14(12)20-18(17)16-11-5-1-3-7-13(11)21-19(16)25/h1-8,21,25H,9-10H2,(H,23,24). The van der Waals surface area contributed by atoms with Gasteiger partial charge in [-0.1, -0.05) is 41.6 Å². The highest BCUT2D eigenvalue weighted by Crippen LogP contribution is 2.35. The van der Waals surface area contributed by atoms with Gasteiger partial charge < -0.3 is 20.0 Å². The quantitative estimate of drug-likeness (QED) is 0.485. The minimum atomic E-state index is -0.958. The zero-order chi connectivity index (χ0) is 18.1. The lowest BCUT2D eigenvalue weighted by Gasteiger charge is -2.04. The maximum atomic E-state index is 10.6. The number of nitrogens with one attached hydrogen (secondary N) is 1. The average Bonchev–Trinajstić information content (AvgIpc) is 3.15. The Hall–Kier alpha value is -3.61. The van der Waals surface area contributed by atoms with Crippen molar-refractivity contribution in [3.8, 4) is 5.88 Å². The van der Waals surface area contributed by atoms with Gasteiger partial charge in [-0.3, -0.25) is 4.79 Å². The molecule has 0 atom stereocenters. The van der Waals surface area contributed by atoms with Gasteiger partial charge in [0.25, 0.3) is 0 Å². The number of rotatable bonds is 5. The third-order valence-electron chi connectivity index (χ3n) is 4.10. The molecule has 4 rings (SSSR count). The third-order valence-corrected chi connectivity index (χ3v) is 4.10. The summed E-state index contributed by atoms with van der Waals surface area (Å²) in [6, 6.07) is 14.9. The fraction of sp³-hybridized carbons (Fsp3) is 0.105. The molecule has 1 aliphatic heterocycles. The van der Waals surface area contributed by atoms with E-state index in [1.165, 1.54) is 0 Å². The maximum Gasteiger partial charge on any atom is 0.306 e. The van der Waals surface area contributed by atoms with E-state index in [0.717, 1.165) is 16.5 Å². The van der Waals surface area contributed by atoms with Crippen molar-refractivity contribution in [3.63, 3.8) is 0 Å². The summed E-state index contributed by atoms with van der Waals surface area (Å²) in [6.07, 6.45) is -0.150. The first-order valence-electron chi connectivity index (χ1n) is 8.05. The SMILES string of the molecule is O=C(O)CCON=C1C(c2c(O)[nH]c3ccccc23)=Nc2ccccc21. The number of aliphatic imine (C=N–C) groups is 1. The lowest BCUT2D eigenvalue weighted by molar-refractivity contribution is -0.138. The van der Waals surface area contributed by atoms with Crippen molar-refractivity contribution in [3.05, 3.63) is 59.7 Å². The van der Waals surface area contributed by atoms with E-state index in [1.54, 1.807) is 0 Å². The van der Waals surface area contributed by atoms with E-state index in [-0.39, 0.29) is 18.9 Å². The highest BCUT2D eigenvalue weighted by Gasteiger charge is 2.29. The van der Waals surface area contributed by atoms with Crippen LogP contribution in [-0.2, 0) is 9.63 Å². The molecule has 26 heavy (non-hydrogen) atoms. The second kappa shape index (κ2) is 6.36. The number of aromatic amines is 1. The van der Waals surface area contributed by atoms with Crippen LogP contribution >= 0.6 is 0 Å². The van der Waals surface area contributed by atoms with E-state index in [2.05, 4.69) is 15.1 Å². The van der Waals surface area contributed by atoms with Crippen LogP contribution in [-0.4, -0.2) is 39.2 Å². The van der Waals surface area contributed by atoms with Crippen molar-refractivity contribution in [1.29, 1.82) is 0 Å². The number of nitrogens with zero attached hydrogens (tertiary/aromatic N) is 2. The molecule has 0 fully saturated rings. The molecular weight excluding hydrogens is 334 g/mol. The van der Waals surface area contributed by atoms with Crippen LogP contribution in [0.2, 0.25) is 0 Å². The van der Waals surface area contributed by atoms with Crippen molar-refractivity contribution in [2.75, 3.05) is 6.61 Å². The Balaban J connectivity index is 1.79. The van der Waals surface area contributed by atoms with Gasteiger partial charge in [-0.25, -0.2) is 4.99 Å². The van der Waals surface area contributed by atoms with Crippen molar-refractivity contribution < 1.29 is 19.8 Å². The minimum Gasteiger partial charge on any atom is -0.494 e. The van der Waals surface area contributed by atoms with Gasteiger partial charge in [0.15, 0.2) is 5.88 Å². The summed E-state index contributed by atoms with van der Waals surface area (Å²) in [5, 5.41) is 24.1. The number of carbonyl (C=O) groups is 1. The molecule has 0 unspecified atom stereocenters. The molecule has 0 amide bonds. The number of aliphatic carboxylic acids is 1. The van der Waals surface area contributed by atoms with Gasteiger partial charge in [-0.05, 0) is 12.1 Å². The monoisotopic (exact) mass is 349 g/mol. The first-order chi connectivity index (χ1) is 12.6. The molecule has 1 aromatic heterocycles. The van der Waals surface area contributed by atoms with E-state index >= 15 is 0 Å².